The summed E-state index contributed by atoms with van der Waals surface area (Å²) in [6.45, 7) is 1.99. The average Bonchev–Trinajstić information content (AvgIpc) is 2.67. The largest absolute Gasteiger partial charge is 0.457 e. The summed E-state index contributed by atoms with van der Waals surface area (Å²) in [5, 5.41) is 0. The van der Waals surface area contributed by atoms with Gasteiger partial charge >= 0.3 is 0 Å². The zero-order valence-electron chi connectivity index (χ0n) is 11.2. The lowest BCUT2D eigenvalue weighted by Crippen LogP contribution is -2.24. The second-order valence-corrected chi connectivity index (χ2v) is 4.76. The van der Waals surface area contributed by atoms with Crippen molar-refractivity contribution in [3.8, 4) is 11.5 Å². The fourth-order valence-electron chi connectivity index (χ4n) is 2.19. The SMILES string of the molecule is Cc1ccc(Oc2cccc3c2C(=O)N(C)C3=O)cc1. The number of imide groups is 1. The molecule has 4 heteroatoms. The van der Waals surface area contributed by atoms with Crippen molar-refractivity contribution in [1.82, 2.24) is 4.90 Å². The molecule has 1 aliphatic rings. The van der Waals surface area contributed by atoms with Crippen molar-refractivity contribution in [2.75, 3.05) is 7.05 Å². The number of carbonyl (C=O) groups is 2. The monoisotopic (exact) mass is 267 g/mol. The fourth-order valence-corrected chi connectivity index (χ4v) is 2.19. The van der Waals surface area contributed by atoms with Gasteiger partial charge in [0.15, 0.2) is 0 Å². The number of nitrogens with zero attached hydrogens (tertiary/aromatic N) is 1. The van der Waals surface area contributed by atoms with Gasteiger partial charge in [0.05, 0.1) is 11.1 Å². The second-order valence-electron chi connectivity index (χ2n) is 4.76. The first kappa shape index (κ1) is 12.4. The molecule has 0 fully saturated rings. The van der Waals surface area contributed by atoms with Crippen molar-refractivity contribution < 1.29 is 14.3 Å². The molecule has 0 aliphatic carbocycles. The molecule has 0 unspecified atom stereocenters. The number of amides is 2. The summed E-state index contributed by atoms with van der Waals surface area (Å²) < 4.78 is 5.74. The zero-order chi connectivity index (χ0) is 14.3. The van der Waals surface area contributed by atoms with Crippen LogP contribution in [0.1, 0.15) is 26.3 Å². The molecule has 2 aromatic carbocycles. The smallest absolute Gasteiger partial charge is 0.265 e. The van der Waals surface area contributed by atoms with E-state index in [2.05, 4.69) is 0 Å². The Morgan fingerprint density at radius 2 is 1.65 bits per heavy atom. The van der Waals surface area contributed by atoms with Crippen LogP contribution in [0.5, 0.6) is 11.5 Å². The molecule has 0 bridgehead atoms. The van der Waals surface area contributed by atoms with Crippen molar-refractivity contribution in [1.29, 1.82) is 0 Å². The Kier molecular flexibility index (Phi) is 2.79. The number of carbonyl (C=O) groups excluding carboxylic acids is 2. The Balaban J connectivity index is 2.03. The van der Waals surface area contributed by atoms with Gasteiger partial charge in [-0.25, -0.2) is 0 Å². The molecule has 1 aliphatic heterocycles. The molecule has 100 valence electrons. The summed E-state index contributed by atoms with van der Waals surface area (Å²) in [6.07, 6.45) is 0. The Hall–Kier alpha value is -2.62. The van der Waals surface area contributed by atoms with Crippen molar-refractivity contribution in [3.05, 3.63) is 59.2 Å². The van der Waals surface area contributed by atoms with Gasteiger partial charge in [-0.3, -0.25) is 14.5 Å². The molecule has 2 aromatic rings. The van der Waals surface area contributed by atoms with Crippen molar-refractivity contribution in [2.24, 2.45) is 0 Å². The van der Waals surface area contributed by atoms with Gasteiger partial charge in [-0.05, 0) is 31.2 Å². The van der Waals surface area contributed by atoms with Crippen LogP contribution in [0.4, 0.5) is 0 Å². The van der Waals surface area contributed by atoms with Crippen LogP contribution in [0, 0.1) is 6.92 Å². The van der Waals surface area contributed by atoms with Gasteiger partial charge in [0, 0.05) is 7.05 Å². The minimum absolute atomic E-state index is 0.292. The Bertz CT molecular complexity index is 704. The highest BCUT2D eigenvalue weighted by Gasteiger charge is 2.35. The van der Waals surface area contributed by atoms with E-state index >= 15 is 0 Å². The molecule has 0 saturated carbocycles. The maximum absolute atomic E-state index is 12.1. The summed E-state index contributed by atoms with van der Waals surface area (Å²) in [4.78, 5) is 25.1. The fraction of sp³-hybridized carbons (Fsp3) is 0.125. The van der Waals surface area contributed by atoms with E-state index in [0.717, 1.165) is 10.5 Å². The molecule has 4 nitrogen and oxygen atoms in total. The van der Waals surface area contributed by atoms with Gasteiger partial charge in [-0.1, -0.05) is 23.8 Å². The number of rotatable bonds is 2. The first-order chi connectivity index (χ1) is 9.58. The van der Waals surface area contributed by atoms with Crippen LogP contribution >= 0.6 is 0 Å². The first-order valence-corrected chi connectivity index (χ1v) is 6.28. The second kappa shape index (κ2) is 4.49. The third-order valence-electron chi connectivity index (χ3n) is 3.33. The average molecular weight is 267 g/mol. The molecule has 0 saturated heterocycles. The minimum Gasteiger partial charge on any atom is -0.457 e. The number of benzene rings is 2. The molecular formula is C16H13NO3. The number of aryl methyl sites for hydroxylation is 1. The molecule has 3 rings (SSSR count). The summed E-state index contributed by atoms with van der Waals surface area (Å²) in [5.74, 6) is 0.430. The van der Waals surface area contributed by atoms with Gasteiger partial charge in [-0.2, -0.15) is 0 Å². The van der Waals surface area contributed by atoms with Crippen LogP contribution in [-0.2, 0) is 0 Å². The third-order valence-corrected chi connectivity index (χ3v) is 3.33. The highest BCUT2D eigenvalue weighted by molar-refractivity contribution is 6.22. The molecule has 20 heavy (non-hydrogen) atoms. The van der Waals surface area contributed by atoms with Gasteiger partial charge in [0.25, 0.3) is 11.8 Å². The van der Waals surface area contributed by atoms with Crippen LogP contribution in [-0.4, -0.2) is 23.8 Å². The maximum Gasteiger partial charge on any atom is 0.265 e. The van der Waals surface area contributed by atoms with Crippen LogP contribution in [0.2, 0.25) is 0 Å². The summed E-state index contributed by atoms with van der Waals surface area (Å²) in [5.41, 5.74) is 1.85. The van der Waals surface area contributed by atoms with E-state index in [1.165, 1.54) is 7.05 Å². The van der Waals surface area contributed by atoms with E-state index in [-0.39, 0.29) is 11.8 Å². The lowest BCUT2D eigenvalue weighted by atomic mass is 10.1. The molecule has 0 spiro atoms. The van der Waals surface area contributed by atoms with Crippen LogP contribution < -0.4 is 4.74 Å². The number of hydrogen-bond donors (Lipinski definition) is 0. The molecular weight excluding hydrogens is 254 g/mol. The zero-order valence-corrected chi connectivity index (χ0v) is 11.2. The van der Waals surface area contributed by atoms with E-state index in [0.29, 0.717) is 22.6 Å². The highest BCUT2D eigenvalue weighted by Crippen LogP contribution is 2.33. The standard InChI is InChI=1S/C16H13NO3/c1-10-6-8-11(9-7-10)20-13-5-3-4-12-14(13)16(19)17(2)15(12)18/h3-9H,1-2H3. The maximum atomic E-state index is 12.1. The Morgan fingerprint density at radius 1 is 0.950 bits per heavy atom. The van der Waals surface area contributed by atoms with Crippen molar-refractivity contribution >= 4 is 11.8 Å². The summed E-state index contributed by atoms with van der Waals surface area (Å²) in [7, 11) is 1.47. The molecule has 0 aromatic heterocycles. The number of fused-ring (bicyclic) bond motifs is 1. The van der Waals surface area contributed by atoms with E-state index in [9.17, 15) is 9.59 Å². The third kappa shape index (κ3) is 1.86. The van der Waals surface area contributed by atoms with Gasteiger partial charge < -0.3 is 4.74 Å². The van der Waals surface area contributed by atoms with E-state index in [1.54, 1.807) is 18.2 Å². The first-order valence-electron chi connectivity index (χ1n) is 6.28. The van der Waals surface area contributed by atoms with Crippen LogP contribution in [0.3, 0.4) is 0 Å². The molecule has 2 amide bonds. The summed E-state index contributed by atoms with van der Waals surface area (Å²) in [6, 6.07) is 12.6. The van der Waals surface area contributed by atoms with E-state index in [1.807, 2.05) is 31.2 Å². The highest BCUT2D eigenvalue weighted by atomic mass is 16.5. The van der Waals surface area contributed by atoms with Crippen LogP contribution in [0.25, 0.3) is 0 Å². The molecule has 1 heterocycles. The van der Waals surface area contributed by atoms with Gasteiger partial charge in [-0.15, -0.1) is 0 Å². The lowest BCUT2D eigenvalue weighted by molar-refractivity contribution is 0.0692. The van der Waals surface area contributed by atoms with Crippen LogP contribution in [0.15, 0.2) is 42.5 Å². The lowest BCUT2D eigenvalue weighted by Gasteiger charge is -2.09. The van der Waals surface area contributed by atoms with Crippen molar-refractivity contribution in [3.63, 3.8) is 0 Å². The minimum atomic E-state index is -0.326. The Labute approximate surface area is 116 Å². The number of hydrogen-bond acceptors (Lipinski definition) is 3. The normalized spacial score (nSPS) is 13.6. The topological polar surface area (TPSA) is 46.6 Å². The molecule has 0 radical (unpaired) electrons. The van der Waals surface area contributed by atoms with Gasteiger partial charge in [0.2, 0.25) is 0 Å². The predicted molar refractivity (Wildman–Crippen MR) is 74.1 cm³/mol. The van der Waals surface area contributed by atoms with E-state index in [4.69, 9.17) is 4.74 Å². The predicted octanol–water partition coefficient (Wildman–Crippen LogP) is 3.01. The van der Waals surface area contributed by atoms with Crippen molar-refractivity contribution in [2.45, 2.75) is 6.92 Å². The van der Waals surface area contributed by atoms with Gasteiger partial charge in [0.1, 0.15) is 11.5 Å². The molecule has 0 atom stereocenters. The summed E-state index contributed by atoms with van der Waals surface area (Å²) >= 11 is 0. The quantitative estimate of drug-likeness (QED) is 0.786. The Morgan fingerprint density at radius 3 is 2.35 bits per heavy atom. The molecule has 0 N–H and O–H groups in total. The van der Waals surface area contributed by atoms with E-state index < -0.39 is 0 Å². The number of ether oxygens (including phenoxy) is 1.